The van der Waals surface area contributed by atoms with Gasteiger partial charge >= 0.3 is 6.09 Å². The number of nitrogens with zero attached hydrogens (tertiary/aromatic N) is 1. The van der Waals surface area contributed by atoms with Gasteiger partial charge in [0, 0.05) is 25.7 Å². The van der Waals surface area contributed by atoms with Crippen molar-refractivity contribution in [2.75, 3.05) is 18.4 Å². The van der Waals surface area contributed by atoms with Crippen molar-refractivity contribution < 1.29 is 19.1 Å². The quantitative estimate of drug-likeness (QED) is 0.753. The van der Waals surface area contributed by atoms with E-state index in [4.69, 9.17) is 5.11 Å². The summed E-state index contributed by atoms with van der Waals surface area (Å²) in [6, 6.07) is 14.1. The lowest BCUT2D eigenvalue weighted by Gasteiger charge is -2.32. The Morgan fingerprint density at radius 2 is 1.78 bits per heavy atom. The van der Waals surface area contributed by atoms with E-state index in [1.54, 1.807) is 0 Å². The Hall–Kier alpha value is -2.93. The standard InChI is InChI=1S/C20H22FN3O3/c21-17-8-4-7-16(18(17)23-20(26)27)19(25)22-15-9-11-24(12-10-15)13-14-5-2-1-3-6-14/h1-8,15,23H,9-13H2,(H,22,25)(H,26,27). The van der Waals surface area contributed by atoms with Gasteiger partial charge in [0.1, 0.15) is 5.82 Å². The molecule has 0 aliphatic carbocycles. The number of halogens is 1. The molecule has 3 rings (SSSR count). The molecule has 6 nitrogen and oxygen atoms in total. The second kappa shape index (κ2) is 8.64. The minimum atomic E-state index is -1.41. The molecule has 1 aliphatic rings. The van der Waals surface area contributed by atoms with Gasteiger partial charge in [0.2, 0.25) is 0 Å². The zero-order valence-corrected chi connectivity index (χ0v) is 14.8. The van der Waals surface area contributed by atoms with Gasteiger partial charge in [-0.2, -0.15) is 0 Å². The predicted molar refractivity (Wildman–Crippen MR) is 100 cm³/mol. The second-order valence-electron chi connectivity index (χ2n) is 6.60. The third-order valence-corrected chi connectivity index (χ3v) is 4.66. The van der Waals surface area contributed by atoms with Crippen LogP contribution in [0.3, 0.4) is 0 Å². The van der Waals surface area contributed by atoms with Crippen LogP contribution in [0.4, 0.5) is 14.9 Å². The van der Waals surface area contributed by atoms with E-state index in [1.165, 1.54) is 17.7 Å². The molecule has 1 fully saturated rings. The Morgan fingerprint density at radius 3 is 2.44 bits per heavy atom. The van der Waals surface area contributed by atoms with E-state index in [9.17, 15) is 14.0 Å². The Kier molecular flexibility index (Phi) is 6.03. The van der Waals surface area contributed by atoms with Gasteiger partial charge in [0.25, 0.3) is 5.91 Å². The second-order valence-corrected chi connectivity index (χ2v) is 6.60. The third-order valence-electron chi connectivity index (χ3n) is 4.66. The smallest absolute Gasteiger partial charge is 0.409 e. The maximum Gasteiger partial charge on any atom is 0.409 e. The molecular weight excluding hydrogens is 349 g/mol. The number of benzene rings is 2. The van der Waals surface area contributed by atoms with E-state index in [-0.39, 0.29) is 17.3 Å². The summed E-state index contributed by atoms with van der Waals surface area (Å²) in [6.45, 7) is 2.57. The highest BCUT2D eigenvalue weighted by molar-refractivity contribution is 6.02. The van der Waals surface area contributed by atoms with Gasteiger partial charge in [-0.3, -0.25) is 15.0 Å². The van der Waals surface area contributed by atoms with Gasteiger partial charge in [-0.25, -0.2) is 9.18 Å². The first-order chi connectivity index (χ1) is 13.0. The van der Waals surface area contributed by atoms with Crippen LogP contribution in [0.5, 0.6) is 0 Å². The third kappa shape index (κ3) is 5.04. The molecule has 27 heavy (non-hydrogen) atoms. The number of nitrogens with one attached hydrogen (secondary N) is 2. The summed E-state index contributed by atoms with van der Waals surface area (Å²) < 4.78 is 13.9. The Bertz CT molecular complexity index is 805. The van der Waals surface area contributed by atoms with Crippen LogP contribution in [-0.2, 0) is 6.54 Å². The van der Waals surface area contributed by atoms with Crippen LogP contribution >= 0.6 is 0 Å². The van der Waals surface area contributed by atoms with Gasteiger partial charge < -0.3 is 10.4 Å². The maximum absolute atomic E-state index is 13.9. The molecule has 0 radical (unpaired) electrons. The van der Waals surface area contributed by atoms with Gasteiger partial charge in [-0.1, -0.05) is 36.4 Å². The first-order valence-electron chi connectivity index (χ1n) is 8.88. The molecular formula is C20H22FN3O3. The first kappa shape index (κ1) is 18.8. The molecule has 2 amide bonds. The van der Waals surface area contributed by atoms with Gasteiger partial charge in [-0.05, 0) is 30.5 Å². The fourth-order valence-corrected chi connectivity index (χ4v) is 3.29. The van der Waals surface area contributed by atoms with E-state index in [1.807, 2.05) is 23.5 Å². The van der Waals surface area contributed by atoms with Crippen LogP contribution in [0.2, 0.25) is 0 Å². The molecule has 1 heterocycles. The summed E-state index contributed by atoms with van der Waals surface area (Å²) in [5.74, 6) is -1.25. The lowest BCUT2D eigenvalue weighted by molar-refractivity contribution is 0.0909. The summed E-state index contributed by atoms with van der Waals surface area (Å²) in [7, 11) is 0. The topological polar surface area (TPSA) is 81.7 Å². The average molecular weight is 371 g/mol. The lowest BCUT2D eigenvalue weighted by Crippen LogP contribution is -2.44. The fourth-order valence-electron chi connectivity index (χ4n) is 3.29. The van der Waals surface area contributed by atoms with Crippen LogP contribution in [0.1, 0.15) is 28.8 Å². The summed E-state index contributed by atoms with van der Waals surface area (Å²) in [4.78, 5) is 25.7. The zero-order chi connectivity index (χ0) is 19.2. The average Bonchev–Trinajstić information content (AvgIpc) is 2.65. The first-order valence-corrected chi connectivity index (χ1v) is 8.88. The largest absolute Gasteiger partial charge is 0.465 e. The number of amides is 2. The number of anilines is 1. The Balaban J connectivity index is 1.57. The number of rotatable bonds is 5. The van der Waals surface area contributed by atoms with Gasteiger partial charge in [0.15, 0.2) is 0 Å². The highest BCUT2D eigenvalue weighted by atomic mass is 19.1. The lowest BCUT2D eigenvalue weighted by atomic mass is 10.0. The molecule has 142 valence electrons. The van der Waals surface area contributed by atoms with Crippen LogP contribution in [0.15, 0.2) is 48.5 Å². The number of carboxylic acid groups (broad SMARTS) is 1. The maximum atomic E-state index is 13.9. The minimum absolute atomic E-state index is 0.0101. The van der Waals surface area contributed by atoms with E-state index in [0.717, 1.165) is 38.5 Å². The van der Waals surface area contributed by atoms with Crippen molar-refractivity contribution in [2.45, 2.75) is 25.4 Å². The van der Waals surface area contributed by atoms with E-state index >= 15 is 0 Å². The molecule has 0 aromatic heterocycles. The number of para-hydroxylation sites is 1. The van der Waals surface area contributed by atoms with Gasteiger partial charge in [-0.15, -0.1) is 0 Å². The summed E-state index contributed by atoms with van der Waals surface area (Å²) in [6.07, 6.45) is 0.161. The molecule has 3 N–H and O–H groups in total. The molecule has 0 atom stereocenters. The highest BCUT2D eigenvalue weighted by Crippen LogP contribution is 2.21. The summed E-state index contributed by atoms with van der Waals surface area (Å²) >= 11 is 0. The van der Waals surface area contributed by atoms with Crippen LogP contribution in [-0.4, -0.2) is 41.1 Å². The van der Waals surface area contributed by atoms with Crippen molar-refractivity contribution in [1.29, 1.82) is 0 Å². The molecule has 2 aromatic carbocycles. The molecule has 1 aliphatic heterocycles. The molecule has 0 saturated carbocycles. The van der Waals surface area contributed by atoms with Crippen molar-refractivity contribution in [1.82, 2.24) is 10.2 Å². The number of hydrogen-bond donors (Lipinski definition) is 3. The van der Waals surface area contributed by atoms with E-state index < -0.39 is 17.8 Å². The Labute approximate surface area is 157 Å². The summed E-state index contributed by atoms with van der Waals surface area (Å²) in [5, 5.41) is 13.7. The SMILES string of the molecule is O=C(O)Nc1c(F)cccc1C(=O)NC1CCN(Cc2ccccc2)CC1. The van der Waals surface area contributed by atoms with Crippen molar-refractivity contribution in [3.05, 3.63) is 65.5 Å². The zero-order valence-electron chi connectivity index (χ0n) is 14.8. The number of hydrogen-bond acceptors (Lipinski definition) is 3. The number of carbonyl (C=O) groups excluding carboxylic acids is 1. The molecule has 1 saturated heterocycles. The van der Waals surface area contributed by atoms with Crippen molar-refractivity contribution in [2.24, 2.45) is 0 Å². The molecule has 2 aromatic rings. The number of piperidine rings is 1. The molecule has 7 heteroatoms. The molecule has 0 spiro atoms. The minimum Gasteiger partial charge on any atom is -0.465 e. The summed E-state index contributed by atoms with van der Waals surface area (Å²) in [5.41, 5.74) is 0.928. The van der Waals surface area contributed by atoms with Crippen LogP contribution < -0.4 is 10.6 Å². The predicted octanol–water partition coefficient (Wildman–Crippen LogP) is 3.31. The monoisotopic (exact) mass is 371 g/mol. The van der Waals surface area contributed by atoms with Crippen LogP contribution in [0, 0.1) is 5.82 Å². The van der Waals surface area contributed by atoms with Crippen molar-refractivity contribution >= 4 is 17.7 Å². The van der Waals surface area contributed by atoms with E-state index in [0.29, 0.717) is 0 Å². The Morgan fingerprint density at radius 1 is 1.07 bits per heavy atom. The van der Waals surface area contributed by atoms with Crippen molar-refractivity contribution in [3.63, 3.8) is 0 Å². The van der Waals surface area contributed by atoms with Gasteiger partial charge in [0.05, 0.1) is 11.3 Å². The number of likely N-dealkylation sites (tertiary alicyclic amines) is 1. The normalized spacial score (nSPS) is 15.3. The highest BCUT2D eigenvalue weighted by Gasteiger charge is 2.23. The fraction of sp³-hybridized carbons (Fsp3) is 0.300. The van der Waals surface area contributed by atoms with Crippen molar-refractivity contribution in [3.8, 4) is 0 Å². The van der Waals surface area contributed by atoms with E-state index in [2.05, 4.69) is 22.3 Å². The molecule has 0 unspecified atom stereocenters. The molecule has 0 bridgehead atoms. The van der Waals surface area contributed by atoms with Crippen LogP contribution in [0.25, 0.3) is 0 Å². The number of carbonyl (C=O) groups is 2.